The molecule has 6 heteroatoms. The highest BCUT2D eigenvalue weighted by molar-refractivity contribution is 7.99. The molecular formula is C12H19N3OS2. The van der Waals surface area contributed by atoms with E-state index in [0.717, 1.165) is 16.3 Å². The van der Waals surface area contributed by atoms with Crippen LogP contribution in [-0.4, -0.2) is 25.3 Å². The predicted molar refractivity (Wildman–Crippen MR) is 81.8 cm³/mol. The van der Waals surface area contributed by atoms with Gasteiger partial charge in [-0.1, -0.05) is 13.0 Å². The molecule has 0 aliphatic rings. The number of hydrogen-bond acceptors (Lipinski definition) is 5. The summed E-state index contributed by atoms with van der Waals surface area (Å²) < 4.78 is 0. The second kappa shape index (κ2) is 7.33. The van der Waals surface area contributed by atoms with Gasteiger partial charge in [-0.2, -0.15) is 0 Å². The van der Waals surface area contributed by atoms with Crippen LogP contribution >= 0.6 is 23.1 Å². The van der Waals surface area contributed by atoms with E-state index in [-0.39, 0.29) is 5.91 Å². The number of carbonyl (C=O) groups excluding carboxylic acids is 1. The van der Waals surface area contributed by atoms with Crippen molar-refractivity contribution < 1.29 is 4.79 Å². The molecule has 0 spiro atoms. The van der Waals surface area contributed by atoms with Crippen LogP contribution in [0.1, 0.15) is 23.0 Å². The van der Waals surface area contributed by atoms with Crippen LogP contribution in [0.5, 0.6) is 0 Å². The smallest absolute Gasteiger partial charge is 0.263 e. The summed E-state index contributed by atoms with van der Waals surface area (Å²) in [7, 11) is 0. The first-order valence-electron chi connectivity index (χ1n) is 5.74. The highest BCUT2D eigenvalue weighted by Gasteiger charge is 2.19. The van der Waals surface area contributed by atoms with Gasteiger partial charge in [-0.25, -0.2) is 0 Å². The van der Waals surface area contributed by atoms with Gasteiger partial charge in [0.15, 0.2) is 0 Å². The molecule has 0 fully saturated rings. The van der Waals surface area contributed by atoms with Crippen molar-refractivity contribution in [3.63, 3.8) is 0 Å². The maximum Gasteiger partial charge on any atom is 0.263 e. The molecule has 0 bridgehead atoms. The van der Waals surface area contributed by atoms with Crippen molar-refractivity contribution in [2.45, 2.75) is 18.2 Å². The minimum absolute atomic E-state index is 0.0960. The monoisotopic (exact) mass is 285 g/mol. The van der Waals surface area contributed by atoms with E-state index < -0.39 is 0 Å². The molecule has 0 unspecified atom stereocenters. The van der Waals surface area contributed by atoms with Gasteiger partial charge in [-0.3, -0.25) is 4.79 Å². The zero-order valence-electron chi connectivity index (χ0n) is 10.7. The van der Waals surface area contributed by atoms with E-state index in [1.165, 1.54) is 11.3 Å². The molecular weight excluding hydrogens is 266 g/mol. The lowest BCUT2D eigenvalue weighted by atomic mass is 10.3. The number of carbonyl (C=O) groups is 1. The summed E-state index contributed by atoms with van der Waals surface area (Å²) in [6, 6.07) is 0. The van der Waals surface area contributed by atoms with Gasteiger partial charge in [0.05, 0.1) is 10.6 Å². The van der Waals surface area contributed by atoms with Crippen LogP contribution in [0, 0.1) is 0 Å². The molecule has 0 aromatic carbocycles. The van der Waals surface area contributed by atoms with Crippen LogP contribution < -0.4 is 16.4 Å². The third-order valence-corrected chi connectivity index (χ3v) is 4.38. The Bertz CT molecular complexity index is 429. The number of nitrogens with two attached hydrogens (primary N) is 1. The van der Waals surface area contributed by atoms with Crippen LogP contribution in [0.15, 0.2) is 17.6 Å². The summed E-state index contributed by atoms with van der Waals surface area (Å²) in [6.45, 7) is 7.00. The second-order valence-corrected chi connectivity index (χ2v) is 5.47. The molecule has 1 rings (SSSR count). The Labute approximate surface area is 116 Å². The van der Waals surface area contributed by atoms with Crippen molar-refractivity contribution in [1.82, 2.24) is 5.32 Å². The van der Waals surface area contributed by atoms with Crippen molar-refractivity contribution in [3.8, 4) is 0 Å². The van der Waals surface area contributed by atoms with E-state index in [4.69, 9.17) is 5.73 Å². The third kappa shape index (κ3) is 3.43. The summed E-state index contributed by atoms with van der Waals surface area (Å²) in [6.07, 6.45) is 4.63. The number of anilines is 2. The molecule has 0 saturated carbocycles. The summed E-state index contributed by atoms with van der Waals surface area (Å²) in [5.41, 5.74) is 6.58. The SMILES string of the molecule is C=CCNc1sc(C(=O)NCCC)c(N)c1SC. The fraction of sp³-hybridized carbons (Fsp3) is 0.417. The maximum atomic E-state index is 11.9. The first kappa shape index (κ1) is 14.9. The predicted octanol–water partition coefficient (Wildman–Crippen LogP) is 2.79. The molecule has 1 aromatic rings. The standard InChI is InChI=1S/C12H19N3OS2/c1-4-6-14-11(16)9-8(13)10(17-3)12(18-9)15-7-5-2/h5,15H,2,4,6-7,13H2,1,3H3,(H,14,16). The summed E-state index contributed by atoms with van der Waals surface area (Å²) in [5.74, 6) is -0.0960. The Kier molecular flexibility index (Phi) is 6.07. The largest absolute Gasteiger partial charge is 0.396 e. The lowest BCUT2D eigenvalue weighted by molar-refractivity contribution is 0.0958. The molecule has 0 radical (unpaired) electrons. The number of thioether (sulfide) groups is 1. The highest BCUT2D eigenvalue weighted by atomic mass is 32.2. The zero-order valence-corrected chi connectivity index (χ0v) is 12.3. The van der Waals surface area contributed by atoms with Gasteiger partial charge in [0.25, 0.3) is 5.91 Å². The molecule has 0 atom stereocenters. The molecule has 4 N–H and O–H groups in total. The highest BCUT2D eigenvalue weighted by Crippen LogP contribution is 2.41. The average molecular weight is 285 g/mol. The van der Waals surface area contributed by atoms with Gasteiger partial charge < -0.3 is 16.4 Å². The molecule has 0 aliphatic carbocycles. The molecule has 1 aromatic heterocycles. The first-order valence-corrected chi connectivity index (χ1v) is 7.79. The normalized spacial score (nSPS) is 10.1. The Balaban J connectivity index is 2.95. The molecule has 1 heterocycles. The lowest BCUT2D eigenvalue weighted by Gasteiger charge is -2.02. The number of hydrogen-bond donors (Lipinski definition) is 3. The van der Waals surface area contributed by atoms with Gasteiger partial charge in [-0.05, 0) is 12.7 Å². The molecule has 0 aliphatic heterocycles. The number of rotatable bonds is 7. The van der Waals surface area contributed by atoms with E-state index in [1.54, 1.807) is 17.8 Å². The van der Waals surface area contributed by atoms with Crippen LogP contribution in [0.2, 0.25) is 0 Å². The van der Waals surface area contributed by atoms with E-state index in [9.17, 15) is 4.79 Å². The summed E-state index contributed by atoms with van der Waals surface area (Å²) in [5, 5.41) is 6.98. The minimum Gasteiger partial charge on any atom is -0.396 e. The Hall–Kier alpha value is -1.14. The van der Waals surface area contributed by atoms with Crippen LogP contribution in [-0.2, 0) is 0 Å². The molecule has 0 saturated heterocycles. The van der Waals surface area contributed by atoms with Crippen LogP contribution in [0.3, 0.4) is 0 Å². The van der Waals surface area contributed by atoms with Crippen molar-refractivity contribution >= 4 is 39.7 Å². The van der Waals surface area contributed by atoms with Gasteiger partial charge in [-0.15, -0.1) is 29.7 Å². The van der Waals surface area contributed by atoms with Gasteiger partial charge in [0.1, 0.15) is 9.88 Å². The fourth-order valence-corrected chi connectivity index (χ4v) is 3.36. The maximum absolute atomic E-state index is 11.9. The average Bonchev–Trinajstić information content (AvgIpc) is 2.69. The lowest BCUT2D eigenvalue weighted by Crippen LogP contribution is -2.23. The fourth-order valence-electron chi connectivity index (χ4n) is 1.40. The van der Waals surface area contributed by atoms with Gasteiger partial charge in [0.2, 0.25) is 0 Å². The van der Waals surface area contributed by atoms with E-state index in [1.807, 2.05) is 13.2 Å². The third-order valence-electron chi connectivity index (χ3n) is 2.25. The van der Waals surface area contributed by atoms with E-state index in [0.29, 0.717) is 23.7 Å². The molecule has 1 amide bonds. The molecule has 18 heavy (non-hydrogen) atoms. The number of thiophene rings is 1. The Morgan fingerprint density at radius 3 is 2.89 bits per heavy atom. The van der Waals surface area contributed by atoms with Crippen molar-refractivity contribution in [2.75, 3.05) is 30.4 Å². The molecule has 100 valence electrons. The minimum atomic E-state index is -0.0960. The number of nitrogens with one attached hydrogen (secondary N) is 2. The first-order chi connectivity index (χ1) is 8.65. The zero-order chi connectivity index (χ0) is 13.5. The Morgan fingerprint density at radius 1 is 1.61 bits per heavy atom. The summed E-state index contributed by atoms with van der Waals surface area (Å²) >= 11 is 2.94. The molecule has 4 nitrogen and oxygen atoms in total. The summed E-state index contributed by atoms with van der Waals surface area (Å²) in [4.78, 5) is 13.5. The van der Waals surface area contributed by atoms with Crippen molar-refractivity contribution in [2.24, 2.45) is 0 Å². The van der Waals surface area contributed by atoms with Crippen molar-refractivity contribution in [1.29, 1.82) is 0 Å². The van der Waals surface area contributed by atoms with Gasteiger partial charge >= 0.3 is 0 Å². The number of nitrogen functional groups attached to an aromatic ring is 1. The number of amides is 1. The van der Waals surface area contributed by atoms with E-state index in [2.05, 4.69) is 17.2 Å². The van der Waals surface area contributed by atoms with Gasteiger partial charge in [0, 0.05) is 13.1 Å². The second-order valence-electron chi connectivity index (χ2n) is 3.63. The van der Waals surface area contributed by atoms with Crippen LogP contribution in [0.4, 0.5) is 10.7 Å². The van der Waals surface area contributed by atoms with Crippen LogP contribution in [0.25, 0.3) is 0 Å². The quantitative estimate of drug-likeness (QED) is 0.532. The topological polar surface area (TPSA) is 67.2 Å². The van der Waals surface area contributed by atoms with E-state index >= 15 is 0 Å². The van der Waals surface area contributed by atoms with Crippen molar-refractivity contribution in [3.05, 3.63) is 17.5 Å². The Morgan fingerprint density at radius 2 is 2.33 bits per heavy atom.